The van der Waals surface area contributed by atoms with Crippen LogP contribution >= 0.6 is 11.3 Å². The highest BCUT2D eigenvalue weighted by Crippen LogP contribution is 2.28. The van der Waals surface area contributed by atoms with Crippen LogP contribution in [0.15, 0.2) is 49.1 Å². The summed E-state index contributed by atoms with van der Waals surface area (Å²) < 4.78 is 1.70. The second-order valence-electron chi connectivity index (χ2n) is 6.26. The van der Waals surface area contributed by atoms with Gasteiger partial charge in [0.25, 0.3) is 0 Å². The Morgan fingerprint density at radius 3 is 2.96 bits per heavy atom. The van der Waals surface area contributed by atoms with Crippen molar-refractivity contribution < 1.29 is 4.79 Å². The first-order valence-corrected chi connectivity index (χ1v) is 9.30. The van der Waals surface area contributed by atoms with Gasteiger partial charge in [-0.3, -0.25) is 4.79 Å². The van der Waals surface area contributed by atoms with Gasteiger partial charge in [0, 0.05) is 16.3 Å². The first-order chi connectivity index (χ1) is 12.7. The van der Waals surface area contributed by atoms with E-state index in [9.17, 15) is 4.79 Å². The summed E-state index contributed by atoms with van der Waals surface area (Å²) in [5.41, 5.74) is 8.24. The lowest BCUT2D eigenvalue weighted by Gasteiger charge is -2.13. The third kappa shape index (κ3) is 3.52. The summed E-state index contributed by atoms with van der Waals surface area (Å²) in [4.78, 5) is 19.1. The largest absolute Gasteiger partial charge is 0.351 e. The van der Waals surface area contributed by atoms with Crippen molar-refractivity contribution >= 4 is 17.2 Å². The summed E-state index contributed by atoms with van der Waals surface area (Å²) >= 11 is 1.76. The fourth-order valence-electron chi connectivity index (χ4n) is 3.08. The predicted molar refractivity (Wildman–Crippen MR) is 99.7 cm³/mol. The third-order valence-electron chi connectivity index (χ3n) is 4.43. The zero-order valence-electron chi connectivity index (χ0n) is 14.3. The number of hydrogen-bond donors (Lipinski definition) is 3. The van der Waals surface area contributed by atoms with E-state index in [0.29, 0.717) is 6.54 Å². The number of aryl methyl sites for hydroxylation is 1. The van der Waals surface area contributed by atoms with Gasteiger partial charge in [0.2, 0.25) is 5.91 Å². The molecule has 1 fully saturated rings. The summed E-state index contributed by atoms with van der Waals surface area (Å²) in [6, 6.07) is 12.0. The van der Waals surface area contributed by atoms with Gasteiger partial charge >= 0.3 is 0 Å². The number of benzene rings is 1. The SMILES string of the molecule is Cc1ccc(C2CC(C(=O)NCc3ccccc3-n3cncn3)NN2)s1. The van der Waals surface area contributed by atoms with Crippen LogP contribution in [0.5, 0.6) is 0 Å². The fraction of sp³-hybridized carbons (Fsp3) is 0.278. The molecule has 2 aromatic heterocycles. The minimum atomic E-state index is -0.249. The summed E-state index contributed by atoms with van der Waals surface area (Å²) in [5, 5.41) is 7.19. The molecule has 0 aliphatic carbocycles. The lowest BCUT2D eigenvalue weighted by molar-refractivity contribution is -0.123. The molecule has 2 unspecified atom stereocenters. The number of hydrogen-bond acceptors (Lipinski definition) is 6. The van der Waals surface area contributed by atoms with Crippen LogP contribution < -0.4 is 16.2 Å². The first kappa shape index (κ1) is 16.9. The molecule has 134 valence electrons. The smallest absolute Gasteiger partial charge is 0.238 e. The van der Waals surface area contributed by atoms with Gasteiger partial charge < -0.3 is 5.32 Å². The molecule has 1 aliphatic rings. The van der Waals surface area contributed by atoms with Gasteiger partial charge in [-0.15, -0.1) is 11.3 Å². The zero-order chi connectivity index (χ0) is 17.9. The predicted octanol–water partition coefficient (Wildman–Crippen LogP) is 1.86. The second kappa shape index (κ2) is 7.36. The molecular weight excluding hydrogens is 348 g/mol. The molecule has 0 bridgehead atoms. The molecule has 7 nitrogen and oxygen atoms in total. The van der Waals surface area contributed by atoms with E-state index in [0.717, 1.165) is 17.7 Å². The number of aromatic nitrogens is 3. The highest BCUT2D eigenvalue weighted by atomic mass is 32.1. The van der Waals surface area contributed by atoms with Crippen LogP contribution in [0.3, 0.4) is 0 Å². The Morgan fingerprint density at radius 1 is 1.31 bits per heavy atom. The quantitative estimate of drug-likeness (QED) is 0.640. The number of para-hydroxylation sites is 1. The lowest BCUT2D eigenvalue weighted by atomic mass is 10.1. The van der Waals surface area contributed by atoms with Crippen LogP contribution in [0.1, 0.15) is 27.8 Å². The van der Waals surface area contributed by atoms with Crippen LogP contribution in [0.4, 0.5) is 0 Å². The number of amides is 1. The number of carbonyl (C=O) groups excluding carboxylic acids is 1. The molecule has 1 aromatic carbocycles. The van der Waals surface area contributed by atoms with E-state index in [1.54, 1.807) is 22.3 Å². The van der Waals surface area contributed by atoms with Crippen molar-refractivity contribution in [2.45, 2.75) is 32.0 Å². The van der Waals surface area contributed by atoms with E-state index in [2.05, 4.69) is 45.3 Å². The Kier molecular flexibility index (Phi) is 4.79. The molecule has 3 N–H and O–H groups in total. The molecule has 1 aliphatic heterocycles. The van der Waals surface area contributed by atoms with Crippen LogP contribution in [0, 0.1) is 6.92 Å². The molecule has 3 aromatic rings. The molecule has 0 radical (unpaired) electrons. The third-order valence-corrected chi connectivity index (χ3v) is 5.55. The topological polar surface area (TPSA) is 83.9 Å². The number of carbonyl (C=O) groups is 1. The molecule has 1 saturated heterocycles. The van der Waals surface area contributed by atoms with E-state index < -0.39 is 0 Å². The minimum Gasteiger partial charge on any atom is -0.351 e. The van der Waals surface area contributed by atoms with Crippen LogP contribution in [-0.2, 0) is 11.3 Å². The van der Waals surface area contributed by atoms with E-state index in [1.165, 1.54) is 16.1 Å². The summed E-state index contributed by atoms with van der Waals surface area (Å²) in [5.74, 6) is -0.0123. The van der Waals surface area contributed by atoms with Crippen molar-refractivity contribution in [3.05, 3.63) is 64.4 Å². The van der Waals surface area contributed by atoms with Gasteiger partial charge in [0.05, 0.1) is 11.7 Å². The molecule has 0 spiro atoms. The average molecular weight is 368 g/mol. The maximum Gasteiger partial charge on any atom is 0.238 e. The van der Waals surface area contributed by atoms with Crippen molar-refractivity contribution in [1.29, 1.82) is 0 Å². The number of hydrazine groups is 1. The monoisotopic (exact) mass is 368 g/mol. The van der Waals surface area contributed by atoms with Gasteiger partial charge in [0.15, 0.2) is 0 Å². The Bertz CT molecular complexity index is 891. The molecule has 4 rings (SSSR count). The molecule has 26 heavy (non-hydrogen) atoms. The zero-order valence-corrected chi connectivity index (χ0v) is 15.2. The number of nitrogens with one attached hydrogen (secondary N) is 3. The number of nitrogens with zero attached hydrogens (tertiary/aromatic N) is 3. The maximum atomic E-state index is 12.6. The summed E-state index contributed by atoms with van der Waals surface area (Å²) in [6.45, 7) is 2.53. The van der Waals surface area contributed by atoms with E-state index in [1.807, 2.05) is 24.3 Å². The highest BCUT2D eigenvalue weighted by molar-refractivity contribution is 7.12. The summed E-state index contributed by atoms with van der Waals surface area (Å²) in [6.07, 6.45) is 3.88. The van der Waals surface area contributed by atoms with E-state index >= 15 is 0 Å². The van der Waals surface area contributed by atoms with Crippen molar-refractivity contribution in [2.24, 2.45) is 0 Å². The van der Waals surface area contributed by atoms with Gasteiger partial charge in [-0.1, -0.05) is 18.2 Å². The van der Waals surface area contributed by atoms with Crippen LogP contribution in [0.25, 0.3) is 5.69 Å². The van der Waals surface area contributed by atoms with Gasteiger partial charge in [-0.05, 0) is 37.1 Å². The van der Waals surface area contributed by atoms with Crippen LogP contribution in [0.2, 0.25) is 0 Å². The molecule has 0 saturated carbocycles. The molecular formula is C18H20N6OS. The standard InChI is InChI=1S/C18H20N6OS/c1-12-6-7-17(26-12)14-8-15(23-22-14)18(25)20-9-13-4-2-3-5-16(13)24-11-19-10-21-24/h2-7,10-11,14-15,22-23H,8-9H2,1H3,(H,20,25). The molecule has 2 atom stereocenters. The van der Waals surface area contributed by atoms with E-state index in [4.69, 9.17) is 0 Å². The van der Waals surface area contributed by atoms with Gasteiger partial charge in [-0.25, -0.2) is 20.5 Å². The Hall–Kier alpha value is -2.55. The van der Waals surface area contributed by atoms with Crippen LogP contribution in [-0.4, -0.2) is 26.7 Å². The van der Waals surface area contributed by atoms with Crippen molar-refractivity contribution in [1.82, 2.24) is 30.9 Å². The Balaban J connectivity index is 1.38. The van der Waals surface area contributed by atoms with E-state index in [-0.39, 0.29) is 18.0 Å². The van der Waals surface area contributed by atoms with Crippen molar-refractivity contribution in [3.8, 4) is 5.69 Å². The molecule has 1 amide bonds. The second-order valence-corrected chi connectivity index (χ2v) is 7.58. The van der Waals surface area contributed by atoms with Crippen molar-refractivity contribution in [2.75, 3.05) is 0 Å². The lowest BCUT2D eigenvalue weighted by Crippen LogP contribution is -2.42. The number of rotatable bonds is 5. The average Bonchev–Trinajstić information content (AvgIpc) is 3.40. The molecule has 8 heteroatoms. The maximum absolute atomic E-state index is 12.6. The first-order valence-electron chi connectivity index (χ1n) is 8.49. The number of thiophene rings is 1. The fourth-order valence-corrected chi connectivity index (χ4v) is 4.02. The van der Waals surface area contributed by atoms with Crippen molar-refractivity contribution in [3.63, 3.8) is 0 Å². The molecule has 3 heterocycles. The highest BCUT2D eigenvalue weighted by Gasteiger charge is 2.30. The normalized spacial score (nSPS) is 19.6. The Morgan fingerprint density at radius 2 is 2.19 bits per heavy atom. The van der Waals surface area contributed by atoms with Gasteiger partial charge in [0.1, 0.15) is 18.7 Å². The Labute approximate surface area is 155 Å². The minimum absolute atomic E-state index is 0.0123. The summed E-state index contributed by atoms with van der Waals surface area (Å²) in [7, 11) is 0. The van der Waals surface area contributed by atoms with Gasteiger partial charge in [-0.2, -0.15) is 5.10 Å².